The summed E-state index contributed by atoms with van der Waals surface area (Å²) in [4.78, 5) is 63.8. The summed E-state index contributed by atoms with van der Waals surface area (Å²) >= 11 is 1.15. The maximum atomic E-state index is 13.3. The van der Waals surface area contributed by atoms with Crippen LogP contribution in [0.1, 0.15) is 29.3 Å². The molecule has 0 aliphatic rings. The average molecular weight is 535 g/mol. The lowest BCUT2D eigenvalue weighted by Crippen LogP contribution is -2.42. The van der Waals surface area contributed by atoms with Gasteiger partial charge in [0.15, 0.2) is 0 Å². The molecule has 11 heteroatoms. The first-order valence-corrected chi connectivity index (χ1v) is 12.8. The van der Waals surface area contributed by atoms with Crippen LogP contribution < -0.4 is 21.9 Å². The Kier molecular flexibility index (Phi) is 8.49. The third-order valence-corrected chi connectivity index (χ3v) is 6.62. The number of amides is 2. The molecule has 0 spiro atoms. The zero-order valence-electron chi connectivity index (χ0n) is 20.6. The molecule has 0 atom stereocenters. The predicted octanol–water partition coefficient (Wildman–Crippen LogP) is 2.75. The van der Waals surface area contributed by atoms with Crippen LogP contribution >= 0.6 is 11.3 Å². The van der Waals surface area contributed by atoms with E-state index < -0.39 is 29.7 Å². The van der Waals surface area contributed by atoms with E-state index in [1.54, 1.807) is 36.6 Å². The van der Waals surface area contributed by atoms with Crippen molar-refractivity contribution >= 4 is 45.0 Å². The van der Waals surface area contributed by atoms with Gasteiger partial charge in [-0.15, -0.1) is 11.3 Å². The zero-order valence-corrected chi connectivity index (χ0v) is 21.5. The Morgan fingerprint density at radius 1 is 0.921 bits per heavy atom. The summed E-state index contributed by atoms with van der Waals surface area (Å²) in [5, 5.41) is 7.09. The molecule has 2 heterocycles. The maximum absolute atomic E-state index is 13.3. The standard InChI is InChI=1S/C27H26N4O6S/c1-2-37-26(35)19-10-6-7-11-20(19)29-23(33)17-31-21-13-15-38-24(21)25(34)30(27(31)36)14-12-22(32)28-16-18-8-4-3-5-9-18/h3-11,13,15H,2,12,14,16-17H2,1H3,(H,28,32)(H,29,33). The van der Waals surface area contributed by atoms with Crippen molar-refractivity contribution in [3.63, 3.8) is 0 Å². The van der Waals surface area contributed by atoms with Crippen molar-refractivity contribution in [2.75, 3.05) is 11.9 Å². The molecule has 0 radical (unpaired) electrons. The van der Waals surface area contributed by atoms with Gasteiger partial charge >= 0.3 is 11.7 Å². The summed E-state index contributed by atoms with van der Waals surface area (Å²) in [6, 6.07) is 17.4. The van der Waals surface area contributed by atoms with E-state index in [2.05, 4.69) is 10.6 Å². The molecule has 4 rings (SSSR count). The van der Waals surface area contributed by atoms with Crippen LogP contribution in [0.4, 0.5) is 5.69 Å². The normalized spacial score (nSPS) is 10.8. The molecule has 4 aromatic rings. The number of esters is 1. The number of hydrogen-bond acceptors (Lipinski definition) is 7. The fourth-order valence-corrected chi connectivity index (χ4v) is 4.74. The first-order chi connectivity index (χ1) is 18.4. The maximum Gasteiger partial charge on any atom is 0.340 e. The molecule has 0 saturated heterocycles. The second kappa shape index (κ2) is 12.2. The SMILES string of the molecule is CCOC(=O)c1ccccc1NC(=O)Cn1c(=O)n(CCC(=O)NCc2ccccc2)c(=O)c2sccc21. The minimum absolute atomic E-state index is 0.0853. The van der Waals surface area contributed by atoms with Gasteiger partial charge in [0.1, 0.15) is 11.2 Å². The van der Waals surface area contributed by atoms with Gasteiger partial charge in [0.2, 0.25) is 11.8 Å². The molecule has 0 aliphatic carbocycles. The molecule has 2 N–H and O–H groups in total. The van der Waals surface area contributed by atoms with E-state index in [1.165, 1.54) is 10.6 Å². The summed E-state index contributed by atoms with van der Waals surface area (Å²) in [7, 11) is 0. The van der Waals surface area contributed by atoms with Gasteiger partial charge in [-0.25, -0.2) is 9.59 Å². The highest BCUT2D eigenvalue weighted by atomic mass is 32.1. The lowest BCUT2D eigenvalue weighted by Gasteiger charge is -2.14. The minimum Gasteiger partial charge on any atom is -0.462 e. The van der Waals surface area contributed by atoms with Gasteiger partial charge in [0, 0.05) is 19.5 Å². The van der Waals surface area contributed by atoms with Crippen LogP contribution in [-0.2, 0) is 34.0 Å². The van der Waals surface area contributed by atoms with Crippen molar-refractivity contribution in [3.8, 4) is 0 Å². The number of carbonyl (C=O) groups excluding carboxylic acids is 3. The molecular formula is C27H26N4O6S. The molecule has 0 saturated carbocycles. The number of thiophene rings is 1. The van der Waals surface area contributed by atoms with E-state index in [0.717, 1.165) is 21.5 Å². The number of anilines is 1. The zero-order chi connectivity index (χ0) is 27.1. The molecule has 38 heavy (non-hydrogen) atoms. The van der Waals surface area contributed by atoms with Crippen molar-refractivity contribution in [1.29, 1.82) is 0 Å². The number of para-hydroxylation sites is 1. The molecule has 2 aromatic carbocycles. The average Bonchev–Trinajstić information content (AvgIpc) is 3.41. The molecule has 0 fully saturated rings. The molecule has 2 aromatic heterocycles. The third-order valence-electron chi connectivity index (χ3n) is 5.73. The van der Waals surface area contributed by atoms with E-state index in [-0.39, 0.29) is 36.7 Å². The van der Waals surface area contributed by atoms with E-state index in [0.29, 0.717) is 16.8 Å². The van der Waals surface area contributed by atoms with Crippen molar-refractivity contribution in [2.45, 2.75) is 33.0 Å². The van der Waals surface area contributed by atoms with Gasteiger partial charge in [-0.2, -0.15) is 0 Å². The number of nitrogens with zero attached hydrogens (tertiary/aromatic N) is 2. The van der Waals surface area contributed by atoms with Gasteiger partial charge in [0.05, 0.1) is 23.4 Å². The Bertz CT molecular complexity index is 1590. The van der Waals surface area contributed by atoms with E-state index in [9.17, 15) is 24.0 Å². The number of rotatable bonds is 10. The second-order valence-corrected chi connectivity index (χ2v) is 9.20. The summed E-state index contributed by atoms with van der Waals surface area (Å²) in [6.45, 7) is 1.65. The van der Waals surface area contributed by atoms with Crippen molar-refractivity contribution in [3.05, 3.63) is 98.0 Å². The van der Waals surface area contributed by atoms with Gasteiger partial charge in [0.25, 0.3) is 5.56 Å². The topological polar surface area (TPSA) is 128 Å². The Morgan fingerprint density at radius 2 is 1.66 bits per heavy atom. The van der Waals surface area contributed by atoms with Crippen molar-refractivity contribution < 1.29 is 19.1 Å². The van der Waals surface area contributed by atoms with Gasteiger partial charge in [-0.3, -0.25) is 23.5 Å². The first kappa shape index (κ1) is 26.6. The highest BCUT2D eigenvalue weighted by molar-refractivity contribution is 7.17. The fourth-order valence-electron chi connectivity index (χ4n) is 3.89. The number of hydrogen-bond donors (Lipinski definition) is 2. The van der Waals surface area contributed by atoms with E-state index >= 15 is 0 Å². The molecule has 196 valence electrons. The van der Waals surface area contributed by atoms with Crippen molar-refractivity contribution in [2.24, 2.45) is 0 Å². The summed E-state index contributed by atoms with van der Waals surface area (Å²) in [6.07, 6.45) is -0.0853. The predicted molar refractivity (Wildman–Crippen MR) is 144 cm³/mol. The molecule has 2 amide bonds. The lowest BCUT2D eigenvalue weighted by molar-refractivity contribution is -0.121. The van der Waals surface area contributed by atoms with E-state index in [1.807, 2.05) is 30.3 Å². The summed E-state index contributed by atoms with van der Waals surface area (Å²) in [5.41, 5.74) is 0.460. The van der Waals surface area contributed by atoms with Crippen LogP contribution in [0.3, 0.4) is 0 Å². The molecule has 0 unspecified atom stereocenters. The quantitative estimate of drug-likeness (QED) is 0.301. The largest absolute Gasteiger partial charge is 0.462 e. The number of aromatic nitrogens is 2. The number of carbonyl (C=O) groups is 3. The summed E-state index contributed by atoms with van der Waals surface area (Å²) in [5.74, 6) is -1.46. The van der Waals surface area contributed by atoms with Crippen LogP contribution in [0.2, 0.25) is 0 Å². The lowest BCUT2D eigenvalue weighted by atomic mass is 10.2. The number of nitrogens with one attached hydrogen (secondary N) is 2. The van der Waals surface area contributed by atoms with Crippen LogP contribution in [0.5, 0.6) is 0 Å². The monoisotopic (exact) mass is 534 g/mol. The fraction of sp³-hybridized carbons (Fsp3) is 0.222. The Morgan fingerprint density at radius 3 is 2.42 bits per heavy atom. The molecule has 10 nitrogen and oxygen atoms in total. The van der Waals surface area contributed by atoms with Gasteiger partial charge in [-0.05, 0) is 36.1 Å². The Balaban J connectivity index is 1.52. The molecule has 0 bridgehead atoms. The van der Waals surface area contributed by atoms with Crippen LogP contribution in [0, 0.1) is 0 Å². The highest BCUT2D eigenvalue weighted by Crippen LogP contribution is 2.18. The number of benzene rings is 2. The van der Waals surface area contributed by atoms with E-state index in [4.69, 9.17) is 4.74 Å². The molecular weight excluding hydrogens is 508 g/mol. The number of fused-ring (bicyclic) bond motifs is 1. The minimum atomic E-state index is -0.703. The van der Waals surface area contributed by atoms with Crippen LogP contribution in [0.15, 0.2) is 75.6 Å². The Labute approximate surface area is 221 Å². The highest BCUT2D eigenvalue weighted by Gasteiger charge is 2.19. The first-order valence-electron chi connectivity index (χ1n) is 12.0. The smallest absolute Gasteiger partial charge is 0.340 e. The second-order valence-electron chi connectivity index (χ2n) is 8.29. The van der Waals surface area contributed by atoms with Crippen LogP contribution in [-0.4, -0.2) is 33.5 Å². The summed E-state index contributed by atoms with van der Waals surface area (Å²) < 4.78 is 7.50. The third kappa shape index (κ3) is 6.06. The Hall–Kier alpha value is -4.51. The number of ether oxygens (including phenoxy) is 1. The van der Waals surface area contributed by atoms with Crippen LogP contribution in [0.25, 0.3) is 10.2 Å². The van der Waals surface area contributed by atoms with Gasteiger partial charge in [-0.1, -0.05) is 42.5 Å². The van der Waals surface area contributed by atoms with Crippen molar-refractivity contribution in [1.82, 2.24) is 14.5 Å². The van der Waals surface area contributed by atoms with Gasteiger partial charge < -0.3 is 15.4 Å². The molecule has 0 aliphatic heterocycles.